The fourth-order valence-corrected chi connectivity index (χ4v) is 1.62. The van der Waals surface area contributed by atoms with E-state index in [1.54, 1.807) is 0 Å². The van der Waals surface area contributed by atoms with Crippen molar-refractivity contribution in [2.24, 2.45) is 0 Å². The smallest absolute Gasteiger partial charge is 0.264 e. The van der Waals surface area contributed by atoms with Gasteiger partial charge in [0.25, 0.3) is 10.1 Å². The van der Waals surface area contributed by atoms with Crippen molar-refractivity contribution < 1.29 is 17.8 Å². The highest BCUT2D eigenvalue weighted by atomic mass is 32.2. The maximum Gasteiger partial charge on any atom is 0.264 e. The van der Waals surface area contributed by atoms with Crippen LogP contribution in [-0.4, -0.2) is 45.3 Å². The molecule has 0 bridgehead atoms. The number of carbonyl (C=O) groups excluding carboxylic acids is 1. The third kappa shape index (κ3) is 20.5. The van der Waals surface area contributed by atoms with Crippen LogP contribution in [0.5, 0.6) is 0 Å². The van der Waals surface area contributed by atoms with E-state index in [2.05, 4.69) is 17.2 Å². The van der Waals surface area contributed by atoms with Crippen LogP contribution in [-0.2, 0) is 14.9 Å². The van der Waals surface area contributed by atoms with Gasteiger partial charge in [-0.15, -0.1) is 0 Å². The Hall–Kier alpha value is -0.920. The van der Waals surface area contributed by atoms with E-state index in [1.165, 1.54) is 6.08 Å². The SMILES string of the molecule is C=CC(=O)NCCCCCCS(=O)(=O)O.CNC. The van der Waals surface area contributed by atoms with Gasteiger partial charge in [0.1, 0.15) is 0 Å². The lowest BCUT2D eigenvalue weighted by molar-refractivity contribution is -0.116. The fraction of sp³-hybridized carbons (Fsp3) is 0.727. The van der Waals surface area contributed by atoms with Crippen LogP contribution in [0.2, 0.25) is 0 Å². The molecule has 0 radical (unpaired) electrons. The average Bonchev–Trinajstić information content (AvgIpc) is 2.27. The summed E-state index contributed by atoms with van der Waals surface area (Å²) in [6.45, 7) is 3.88. The summed E-state index contributed by atoms with van der Waals surface area (Å²) in [6.07, 6.45) is 4.01. The van der Waals surface area contributed by atoms with Gasteiger partial charge in [-0.1, -0.05) is 19.4 Å². The summed E-state index contributed by atoms with van der Waals surface area (Å²) < 4.78 is 29.1. The van der Waals surface area contributed by atoms with Crippen molar-refractivity contribution in [2.45, 2.75) is 25.7 Å². The van der Waals surface area contributed by atoms with Crippen molar-refractivity contribution in [1.82, 2.24) is 10.6 Å². The third-order valence-electron chi connectivity index (χ3n) is 1.81. The predicted octanol–water partition coefficient (Wildman–Crippen LogP) is 0.572. The van der Waals surface area contributed by atoms with Gasteiger partial charge in [-0.2, -0.15) is 8.42 Å². The molecule has 7 heteroatoms. The molecule has 0 spiro atoms. The van der Waals surface area contributed by atoms with E-state index in [9.17, 15) is 13.2 Å². The fourth-order valence-electron chi connectivity index (χ4n) is 1.05. The molecule has 0 fully saturated rings. The first-order chi connectivity index (χ1) is 8.37. The highest BCUT2D eigenvalue weighted by Crippen LogP contribution is 2.00. The van der Waals surface area contributed by atoms with Crippen LogP contribution in [0.1, 0.15) is 25.7 Å². The third-order valence-corrected chi connectivity index (χ3v) is 2.62. The molecule has 0 aromatic heterocycles. The number of amides is 1. The Morgan fingerprint density at radius 3 is 2.17 bits per heavy atom. The molecule has 18 heavy (non-hydrogen) atoms. The Morgan fingerprint density at radius 1 is 1.22 bits per heavy atom. The van der Waals surface area contributed by atoms with E-state index in [4.69, 9.17) is 4.55 Å². The Bertz CT molecular complexity index is 315. The van der Waals surface area contributed by atoms with Gasteiger partial charge in [-0.3, -0.25) is 9.35 Å². The van der Waals surface area contributed by atoms with Crippen LogP contribution in [0.25, 0.3) is 0 Å². The van der Waals surface area contributed by atoms with Crippen molar-refractivity contribution in [3.05, 3.63) is 12.7 Å². The van der Waals surface area contributed by atoms with Gasteiger partial charge in [0.15, 0.2) is 0 Å². The highest BCUT2D eigenvalue weighted by molar-refractivity contribution is 7.85. The maximum absolute atomic E-state index is 10.7. The Kier molecular flexibility index (Phi) is 13.5. The molecule has 0 aromatic rings. The van der Waals surface area contributed by atoms with Gasteiger partial charge >= 0.3 is 0 Å². The quantitative estimate of drug-likeness (QED) is 0.343. The number of unbranched alkanes of at least 4 members (excludes halogenated alkanes) is 3. The van der Waals surface area contributed by atoms with Gasteiger partial charge in [0, 0.05) is 6.54 Å². The average molecular weight is 280 g/mol. The molecule has 3 N–H and O–H groups in total. The minimum atomic E-state index is -3.82. The second-order valence-electron chi connectivity index (χ2n) is 3.70. The molecule has 6 nitrogen and oxygen atoms in total. The molecule has 108 valence electrons. The predicted molar refractivity (Wildman–Crippen MR) is 73.1 cm³/mol. The van der Waals surface area contributed by atoms with Gasteiger partial charge in [0.05, 0.1) is 5.75 Å². The molecule has 0 aromatic carbocycles. The normalized spacial score (nSPS) is 10.2. The van der Waals surface area contributed by atoms with Crippen LogP contribution < -0.4 is 10.6 Å². The summed E-state index contributed by atoms with van der Waals surface area (Å²) in [5, 5.41) is 5.36. The molecule has 0 saturated heterocycles. The van der Waals surface area contributed by atoms with Crippen molar-refractivity contribution in [2.75, 3.05) is 26.4 Å². The van der Waals surface area contributed by atoms with E-state index >= 15 is 0 Å². The summed E-state index contributed by atoms with van der Waals surface area (Å²) in [4.78, 5) is 10.7. The Labute approximate surface area is 110 Å². The summed E-state index contributed by atoms with van der Waals surface area (Å²) in [5.74, 6) is -0.389. The van der Waals surface area contributed by atoms with Crippen molar-refractivity contribution in [3.63, 3.8) is 0 Å². The minimum absolute atomic E-state index is 0.188. The van der Waals surface area contributed by atoms with Crippen LogP contribution in [0, 0.1) is 0 Å². The van der Waals surface area contributed by atoms with Gasteiger partial charge < -0.3 is 10.6 Å². The molecule has 0 aliphatic heterocycles. The van der Waals surface area contributed by atoms with Crippen LogP contribution >= 0.6 is 0 Å². The molecule has 0 saturated carbocycles. The summed E-state index contributed by atoms with van der Waals surface area (Å²) in [5.41, 5.74) is 0. The van der Waals surface area contributed by atoms with Crippen LogP contribution in [0.15, 0.2) is 12.7 Å². The summed E-state index contributed by atoms with van der Waals surface area (Å²) in [6, 6.07) is 0. The molecule has 0 rings (SSSR count). The lowest BCUT2D eigenvalue weighted by Gasteiger charge is -2.01. The first-order valence-electron chi connectivity index (χ1n) is 5.81. The Morgan fingerprint density at radius 2 is 1.72 bits per heavy atom. The number of hydrogen-bond donors (Lipinski definition) is 3. The van der Waals surface area contributed by atoms with Crippen LogP contribution in [0.4, 0.5) is 0 Å². The highest BCUT2D eigenvalue weighted by Gasteiger charge is 2.02. The molecule has 0 aliphatic rings. The van der Waals surface area contributed by atoms with E-state index in [0.29, 0.717) is 13.0 Å². The molecule has 0 atom stereocenters. The number of hydrogen-bond acceptors (Lipinski definition) is 4. The summed E-state index contributed by atoms with van der Waals surface area (Å²) in [7, 11) is -0.0673. The second kappa shape index (κ2) is 12.5. The number of nitrogens with one attached hydrogen (secondary N) is 2. The van der Waals surface area contributed by atoms with Crippen molar-refractivity contribution in [1.29, 1.82) is 0 Å². The largest absolute Gasteiger partial charge is 0.353 e. The van der Waals surface area contributed by atoms with Gasteiger partial charge in [-0.25, -0.2) is 0 Å². The lowest BCUT2D eigenvalue weighted by Crippen LogP contribution is -2.21. The monoisotopic (exact) mass is 280 g/mol. The molecule has 0 heterocycles. The van der Waals surface area contributed by atoms with Gasteiger partial charge in [0.2, 0.25) is 5.91 Å². The van der Waals surface area contributed by atoms with Crippen molar-refractivity contribution in [3.8, 4) is 0 Å². The Balaban J connectivity index is 0. The molecular formula is C11H24N2O4S. The minimum Gasteiger partial charge on any atom is -0.353 e. The van der Waals surface area contributed by atoms with Crippen molar-refractivity contribution >= 4 is 16.0 Å². The molecule has 0 unspecified atom stereocenters. The van der Waals surface area contributed by atoms with Crippen LogP contribution in [0.3, 0.4) is 0 Å². The molecule has 1 amide bonds. The van der Waals surface area contributed by atoms with Gasteiger partial charge in [-0.05, 0) is 33.0 Å². The zero-order valence-corrected chi connectivity index (χ0v) is 11.9. The number of carbonyl (C=O) groups is 1. The first-order valence-corrected chi connectivity index (χ1v) is 7.42. The van der Waals surface area contributed by atoms with E-state index in [0.717, 1.165) is 19.3 Å². The second-order valence-corrected chi connectivity index (χ2v) is 5.27. The zero-order chi connectivity index (χ0) is 14.4. The lowest BCUT2D eigenvalue weighted by atomic mass is 10.2. The first kappa shape index (κ1) is 19.4. The molecule has 0 aliphatic carbocycles. The standard InChI is InChI=1S/C9H17NO4S.C2H7N/c1-2-9(11)10-7-5-3-4-6-8-15(12,13)14;1-3-2/h2H,1,3-8H2,(H,10,11)(H,12,13,14);3H,1-2H3. The topological polar surface area (TPSA) is 95.5 Å². The maximum atomic E-state index is 10.7. The number of rotatable bonds is 8. The van der Waals surface area contributed by atoms with E-state index in [-0.39, 0.29) is 11.7 Å². The van der Waals surface area contributed by atoms with E-state index < -0.39 is 10.1 Å². The molecular weight excluding hydrogens is 256 g/mol. The zero-order valence-electron chi connectivity index (χ0n) is 11.1. The van der Waals surface area contributed by atoms with E-state index in [1.807, 2.05) is 14.1 Å². The summed E-state index contributed by atoms with van der Waals surface area (Å²) >= 11 is 0.